The van der Waals surface area contributed by atoms with Crippen molar-refractivity contribution in [3.8, 4) is 22.8 Å². The van der Waals surface area contributed by atoms with Crippen LogP contribution in [0.2, 0.25) is 0 Å². The maximum Gasteiger partial charge on any atom is 0.408 e. The van der Waals surface area contributed by atoms with Crippen LogP contribution in [0, 0.1) is 5.92 Å². The van der Waals surface area contributed by atoms with Crippen LogP contribution in [0.1, 0.15) is 72.1 Å². The lowest BCUT2D eigenvalue weighted by atomic mass is 10.0. The lowest BCUT2D eigenvalue weighted by Crippen LogP contribution is -2.58. The molecule has 5 atom stereocenters. The van der Waals surface area contributed by atoms with E-state index in [9.17, 15) is 27.6 Å². The van der Waals surface area contributed by atoms with Crippen LogP contribution >= 0.6 is 0 Å². The predicted octanol–water partition coefficient (Wildman–Crippen LogP) is 4.77. The monoisotopic (exact) mass is 787 g/mol. The summed E-state index contributed by atoms with van der Waals surface area (Å²) in [4.78, 5) is 62.1. The summed E-state index contributed by atoms with van der Waals surface area (Å²) in [5.41, 5.74) is -0.193. The Balaban J connectivity index is 1.22. The van der Waals surface area contributed by atoms with E-state index in [2.05, 4.69) is 15.4 Å². The largest absolute Gasteiger partial charge is 0.497 e. The number of carbonyl (C=O) groups is 4. The second-order valence-electron chi connectivity index (χ2n) is 16.1. The fraction of sp³-hybridized carbons (Fsp3) is 0.488. The third-order valence-electron chi connectivity index (χ3n) is 10.6. The number of benzene rings is 2. The van der Waals surface area contributed by atoms with Crippen LogP contribution < -0.4 is 24.8 Å². The molecule has 2 aliphatic heterocycles. The Hall–Kier alpha value is -5.18. The summed E-state index contributed by atoms with van der Waals surface area (Å²) in [5.74, 6) is -1.25. The number of fused-ring (bicyclic) bond motifs is 3. The lowest BCUT2D eigenvalue weighted by Gasteiger charge is -2.30. The smallest absolute Gasteiger partial charge is 0.408 e. The van der Waals surface area contributed by atoms with Crippen LogP contribution in [0.3, 0.4) is 0 Å². The van der Waals surface area contributed by atoms with Crippen LogP contribution in [0.25, 0.3) is 22.2 Å². The first-order chi connectivity index (χ1) is 26.7. The fourth-order valence-corrected chi connectivity index (χ4v) is 8.82. The highest BCUT2D eigenvalue weighted by Gasteiger charge is 2.62. The van der Waals surface area contributed by atoms with Crippen molar-refractivity contribution in [3.05, 3.63) is 66.7 Å². The van der Waals surface area contributed by atoms with Crippen LogP contribution in [0.5, 0.6) is 11.5 Å². The molecule has 1 saturated heterocycles. The molecule has 15 heteroatoms. The van der Waals surface area contributed by atoms with Gasteiger partial charge in [0.2, 0.25) is 21.8 Å². The van der Waals surface area contributed by atoms with E-state index >= 15 is 0 Å². The molecular formula is C41H49N5O9S. The van der Waals surface area contributed by atoms with Crippen molar-refractivity contribution in [2.75, 3.05) is 13.7 Å². The van der Waals surface area contributed by atoms with Gasteiger partial charge in [0.1, 0.15) is 40.8 Å². The molecule has 2 saturated carbocycles. The first-order valence-electron chi connectivity index (χ1n) is 19.2. The molecule has 2 aromatic carbocycles. The van der Waals surface area contributed by atoms with Crippen molar-refractivity contribution in [1.82, 2.24) is 25.2 Å². The van der Waals surface area contributed by atoms with E-state index in [0.717, 1.165) is 5.56 Å². The van der Waals surface area contributed by atoms with Gasteiger partial charge in [0.05, 0.1) is 30.1 Å². The Bertz CT molecular complexity index is 2150. The molecule has 298 valence electrons. The number of nitrogens with one attached hydrogen (secondary N) is 3. The third-order valence-corrected chi connectivity index (χ3v) is 12.4. The summed E-state index contributed by atoms with van der Waals surface area (Å²) in [6, 6.07) is 14.8. The van der Waals surface area contributed by atoms with E-state index in [1.165, 1.54) is 4.90 Å². The molecule has 3 fully saturated rings. The molecule has 2 aliphatic carbocycles. The fourth-order valence-electron chi connectivity index (χ4n) is 7.46. The Kier molecular flexibility index (Phi) is 10.7. The zero-order valence-electron chi connectivity index (χ0n) is 32.1. The maximum absolute atomic E-state index is 14.6. The number of pyridine rings is 1. The van der Waals surface area contributed by atoms with Crippen LogP contribution in [-0.2, 0) is 29.1 Å². The highest BCUT2D eigenvalue weighted by molar-refractivity contribution is 7.91. The topological polar surface area (TPSA) is 182 Å². The van der Waals surface area contributed by atoms with Crippen molar-refractivity contribution < 1.29 is 41.8 Å². The van der Waals surface area contributed by atoms with Gasteiger partial charge in [-0.25, -0.2) is 18.2 Å². The van der Waals surface area contributed by atoms with Gasteiger partial charge in [-0.2, -0.15) is 0 Å². The number of methoxy groups -OCH3 is 1. The second-order valence-corrected chi connectivity index (χ2v) is 18.1. The average Bonchev–Trinajstić information content (AvgIpc) is 4.08. The number of ether oxygens (including phenoxy) is 3. The Morgan fingerprint density at radius 1 is 1.02 bits per heavy atom. The number of nitrogens with zero attached hydrogens (tertiary/aromatic N) is 2. The van der Waals surface area contributed by atoms with Gasteiger partial charge in [0.25, 0.3) is 5.91 Å². The molecule has 4 amide bonds. The molecule has 7 rings (SSSR count). The lowest BCUT2D eigenvalue weighted by molar-refractivity contribution is -0.141. The number of alkyl carbamates (subject to hydrolysis) is 1. The molecule has 0 bridgehead atoms. The second kappa shape index (κ2) is 15.4. The first kappa shape index (κ1) is 39.1. The van der Waals surface area contributed by atoms with E-state index in [1.54, 1.807) is 33.9 Å². The number of rotatable bonds is 8. The molecule has 3 aromatic rings. The van der Waals surface area contributed by atoms with E-state index in [0.29, 0.717) is 66.6 Å². The average molecular weight is 788 g/mol. The summed E-state index contributed by atoms with van der Waals surface area (Å²) in [6.45, 7) is 5.17. The van der Waals surface area contributed by atoms with Crippen LogP contribution in [0.4, 0.5) is 4.79 Å². The SMILES string of the molecule is COc1ccc2c(O[C@@H]3C[C@H]4C(=O)N[C@]5(C(=O)NS(=O)(=O)C6CC6)C[C@H]5/C=C\CCCC[C@H](NC(=O)OC(C)(C)C)C(=O)N4C3)cc(-c3ccccc3)nc2c1. The van der Waals surface area contributed by atoms with Gasteiger partial charge in [-0.3, -0.25) is 19.1 Å². The van der Waals surface area contributed by atoms with Gasteiger partial charge in [-0.1, -0.05) is 48.9 Å². The molecular weight excluding hydrogens is 739 g/mol. The molecule has 0 spiro atoms. The zero-order valence-corrected chi connectivity index (χ0v) is 32.9. The normalized spacial score (nSPS) is 26.2. The van der Waals surface area contributed by atoms with Crippen molar-refractivity contribution in [1.29, 1.82) is 0 Å². The molecule has 14 nitrogen and oxygen atoms in total. The molecule has 0 unspecified atom stereocenters. The highest BCUT2D eigenvalue weighted by atomic mass is 32.2. The molecule has 1 aromatic heterocycles. The van der Waals surface area contributed by atoms with Crippen LogP contribution in [0.15, 0.2) is 66.7 Å². The van der Waals surface area contributed by atoms with Gasteiger partial charge in [0.15, 0.2) is 0 Å². The molecule has 3 heterocycles. The minimum atomic E-state index is -3.90. The van der Waals surface area contributed by atoms with Crippen molar-refractivity contribution in [2.45, 2.75) is 107 Å². The summed E-state index contributed by atoms with van der Waals surface area (Å²) in [5, 5.41) is 5.70. The van der Waals surface area contributed by atoms with Crippen LogP contribution in [-0.4, -0.2) is 90.3 Å². The quantitative estimate of drug-likeness (QED) is 0.269. The Labute approximate surface area is 326 Å². The van der Waals surface area contributed by atoms with E-state index < -0.39 is 74.3 Å². The summed E-state index contributed by atoms with van der Waals surface area (Å²) >= 11 is 0. The zero-order chi connectivity index (χ0) is 39.8. The molecule has 56 heavy (non-hydrogen) atoms. The Morgan fingerprint density at radius 3 is 2.50 bits per heavy atom. The third kappa shape index (κ3) is 8.62. The number of hydrogen-bond acceptors (Lipinski definition) is 10. The van der Waals surface area contributed by atoms with Crippen molar-refractivity contribution >= 4 is 44.7 Å². The Morgan fingerprint density at radius 2 is 1.79 bits per heavy atom. The number of amides is 4. The summed E-state index contributed by atoms with van der Waals surface area (Å²) < 4.78 is 45.6. The number of aromatic nitrogens is 1. The predicted molar refractivity (Wildman–Crippen MR) is 208 cm³/mol. The molecule has 4 aliphatic rings. The number of sulfonamides is 1. The van der Waals surface area contributed by atoms with Crippen molar-refractivity contribution in [2.24, 2.45) is 5.92 Å². The molecule has 3 N–H and O–H groups in total. The first-order valence-corrected chi connectivity index (χ1v) is 20.8. The minimum Gasteiger partial charge on any atom is -0.497 e. The maximum atomic E-state index is 14.6. The minimum absolute atomic E-state index is 0.0113. The van der Waals surface area contributed by atoms with Gasteiger partial charge < -0.3 is 29.7 Å². The summed E-state index contributed by atoms with van der Waals surface area (Å²) in [7, 11) is -2.32. The van der Waals surface area contributed by atoms with Gasteiger partial charge in [0, 0.05) is 35.4 Å². The number of carbonyl (C=O) groups excluding carboxylic acids is 4. The van der Waals surface area contributed by atoms with E-state index in [-0.39, 0.29) is 19.4 Å². The van der Waals surface area contributed by atoms with Gasteiger partial charge >= 0.3 is 6.09 Å². The number of allylic oxidation sites excluding steroid dienone is 1. The van der Waals surface area contributed by atoms with Gasteiger partial charge in [-0.15, -0.1) is 0 Å². The molecule has 0 radical (unpaired) electrons. The summed E-state index contributed by atoms with van der Waals surface area (Å²) in [6.07, 6.45) is 5.69. The van der Waals surface area contributed by atoms with Crippen molar-refractivity contribution in [3.63, 3.8) is 0 Å². The van der Waals surface area contributed by atoms with E-state index in [1.807, 2.05) is 60.7 Å². The van der Waals surface area contributed by atoms with Gasteiger partial charge in [-0.05, 0) is 71.4 Å². The number of hydrogen-bond donors (Lipinski definition) is 3. The van der Waals surface area contributed by atoms with E-state index in [4.69, 9.17) is 19.2 Å². The highest BCUT2D eigenvalue weighted by Crippen LogP contribution is 2.46. The standard InChI is InChI=1S/C41H49N5O9S/c1-40(2,3)55-39(50)43-31-15-11-6-5-10-14-26-23-41(26,38(49)45-56(51,52)29-17-18-29)44-36(47)34-21-28(24-46(34)37(31)48)54-35-22-32(25-12-8-7-9-13-25)42-33-20-27(53-4)16-19-30(33)35/h7-10,12-14,16,19-20,22,26,28-29,31,34H,5-6,11,15,17-18,21,23-24H2,1-4H3,(H,43,50)(H,44,47)(H,45,49)/b14-10-/t26-,28-,31+,34+,41-/m1/s1.